The van der Waals surface area contributed by atoms with Crippen molar-refractivity contribution in [3.63, 3.8) is 0 Å². The molecule has 0 amide bonds. The van der Waals surface area contributed by atoms with Crippen LogP contribution in [-0.4, -0.2) is 65.6 Å². The molecule has 0 bridgehead atoms. The van der Waals surface area contributed by atoms with Gasteiger partial charge in [0.25, 0.3) is 0 Å². The van der Waals surface area contributed by atoms with Gasteiger partial charge in [-0.1, -0.05) is 6.58 Å². The van der Waals surface area contributed by atoms with Gasteiger partial charge in [-0.25, -0.2) is 4.79 Å². The average molecular weight is 568 g/mol. The number of hydrogen-bond acceptors (Lipinski definition) is 2. The molecule has 0 aromatic heterocycles. The van der Waals surface area contributed by atoms with Crippen molar-refractivity contribution in [2.75, 3.05) is 0 Å². The summed E-state index contributed by atoms with van der Waals surface area (Å²) in [5, 5.41) is 0. The van der Waals surface area contributed by atoms with Crippen molar-refractivity contribution in [2.45, 2.75) is 66.6 Å². The molecule has 208 valence electrons. The van der Waals surface area contributed by atoms with Crippen LogP contribution >= 0.6 is 0 Å². The van der Waals surface area contributed by atoms with Gasteiger partial charge in [0, 0.05) is 6.08 Å². The van der Waals surface area contributed by atoms with Crippen molar-refractivity contribution in [1.82, 2.24) is 0 Å². The van der Waals surface area contributed by atoms with Gasteiger partial charge in [0.15, 0.2) is 6.10 Å². The van der Waals surface area contributed by atoms with Gasteiger partial charge in [-0.05, 0) is 6.92 Å². The van der Waals surface area contributed by atoms with E-state index in [1.54, 1.807) is 0 Å². The van der Waals surface area contributed by atoms with Crippen molar-refractivity contribution < 1.29 is 92.9 Å². The summed E-state index contributed by atoms with van der Waals surface area (Å²) in [6, 6.07) is 0. The van der Waals surface area contributed by atoms with Crippen LogP contribution in [-0.2, 0) is 9.53 Å². The second kappa shape index (κ2) is 8.48. The fraction of sp³-hybridized carbons (Fsp3) is 0.786. The first-order chi connectivity index (χ1) is 14.9. The zero-order chi connectivity index (χ0) is 29.1. The summed E-state index contributed by atoms with van der Waals surface area (Å²) >= 11 is 0. The maximum atomic E-state index is 13.7. The van der Waals surface area contributed by atoms with Gasteiger partial charge >= 0.3 is 59.5 Å². The van der Waals surface area contributed by atoms with Gasteiger partial charge in [-0.3, -0.25) is 0 Å². The molecule has 0 fully saturated rings. The molecule has 0 heterocycles. The van der Waals surface area contributed by atoms with Gasteiger partial charge < -0.3 is 4.74 Å². The van der Waals surface area contributed by atoms with E-state index in [0.717, 1.165) is 0 Å². The number of carbonyl (C=O) groups is 1. The Balaban J connectivity index is 6.90. The van der Waals surface area contributed by atoms with E-state index >= 15 is 0 Å². The SMILES string of the molecule is C=CC(=O)OC(C)C(F)(F)C(F)(F)C(F)(F)C(F)(F)C(F)(F)C(F)(F)C(F)(F)C(F)(F)C(F)(F)F. The van der Waals surface area contributed by atoms with E-state index in [-0.39, 0.29) is 6.08 Å². The summed E-state index contributed by atoms with van der Waals surface area (Å²) in [5.74, 6) is -69.7. The molecule has 1 unspecified atom stereocenters. The second-order valence-corrected chi connectivity index (χ2v) is 6.42. The number of rotatable bonds is 10. The van der Waals surface area contributed by atoms with Crippen LogP contribution in [0, 0.1) is 0 Å². The van der Waals surface area contributed by atoms with E-state index in [2.05, 4.69) is 11.3 Å². The van der Waals surface area contributed by atoms with Crippen LogP contribution in [0.25, 0.3) is 0 Å². The molecular formula is C14H7F19O2. The first kappa shape index (κ1) is 32.9. The Morgan fingerprint density at radius 2 is 0.829 bits per heavy atom. The lowest BCUT2D eigenvalue weighted by atomic mass is 9.86. The Kier molecular flexibility index (Phi) is 7.96. The maximum Gasteiger partial charge on any atom is 0.460 e. The lowest BCUT2D eigenvalue weighted by Gasteiger charge is -2.44. The monoisotopic (exact) mass is 568 g/mol. The van der Waals surface area contributed by atoms with Crippen LogP contribution in [0.2, 0.25) is 0 Å². The Bertz CT molecular complexity index is 809. The third-order valence-electron chi connectivity index (χ3n) is 4.11. The van der Waals surface area contributed by atoms with Gasteiger partial charge in [-0.15, -0.1) is 0 Å². The van der Waals surface area contributed by atoms with Crippen LogP contribution in [0.4, 0.5) is 83.4 Å². The van der Waals surface area contributed by atoms with Crippen molar-refractivity contribution >= 4 is 5.97 Å². The zero-order valence-corrected chi connectivity index (χ0v) is 15.9. The summed E-state index contributed by atoms with van der Waals surface area (Å²) in [6.07, 6.45) is -12.0. The van der Waals surface area contributed by atoms with Crippen molar-refractivity contribution in [3.8, 4) is 0 Å². The molecule has 0 aromatic rings. The average Bonchev–Trinajstić information content (AvgIpc) is 2.65. The topological polar surface area (TPSA) is 26.3 Å². The number of alkyl halides is 19. The van der Waals surface area contributed by atoms with E-state index in [1.807, 2.05) is 0 Å². The highest BCUT2D eigenvalue weighted by Crippen LogP contribution is 2.65. The predicted octanol–water partition coefficient (Wildman–Crippen LogP) is 6.75. The Morgan fingerprint density at radius 3 is 1.09 bits per heavy atom. The molecule has 0 aliphatic carbocycles. The molecule has 21 heteroatoms. The minimum absolute atomic E-state index is 0.116. The summed E-state index contributed by atoms with van der Waals surface area (Å²) in [6.45, 7) is 2.03. The van der Waals surface area contributed by atoms with Gasteiger partial charge in [0.1, 0.15) is 0 Å². The second-order valence-electron chi connectivity index (χ2n) is 6.42. The molecule has 0 aromatic carbocycles. The summed E-state index contributed by atoms with van der Waals surface area (Å²) in [5.41, 5.74) is 0. The fourth-order valence-corrected chi connectivity index (χ4v) is 1.92. The van der Waals surface area contributed by atoms with Crippen LogP contribution in [0.5, 0.6) is 0 Å². The van der Waals surface area contributed by atoms with Crippen molar-refractivity contribution in [3.05, 3.63) is 12.7 Å². The smallest absolute Gasteiger partial charge is 0.453 e. The van der Waals surface area contributed by atoms with Crippen LogP contribution in [0.1, 0.15) is 6.92 Å². The van der Waals surface area contributed by atoms with Crippen LogP contribution < -0.4 is 0 Å². The highest BCUT2D eigenvalue weighted by atomic mass is 19.4. The van der Waals surface area contributed by atoms with Gasteiger partial charge in [0.2, 0.25) is 0 Å². The molecule has 0 saturated heterocycles. The van der Waals surface area contributed by atoms with Crippen molar-refractivity contribution in [1.29, 1.82) is 0 Å². The molecule has 35 heavy (non-hydrogen) atoms. The lowest BCUT2D eigenvalue weighted by molar-refractivity contribution is -0.470. The molecule has 0 rings (SSSR count). The third-order valence-corrected chi connectivity index (χ3v) is 4.11. The summed E-state index contributed by atoms with van der Waals surface area (Å²) < 4.78 is 253. The number of carbonyl (C=O) groups excluding carboxylic acids is 1. The maximum absolute atomic E-state index is 13.7. The van der Waals surface area contributed by atoms with E-state index in [0.29, 0.717) is 0 Å². The van der Waals surface area contributed by atoms with Crippen LogP contribution in [0.3, 0.4) is 0 Å². The van der Waals surface area contributed by atoms with Crippen molar-refractivity contribution in [2.24, 2.45) is 0 Å². The molecule has 0 saturated carbocycles. The quantitative estimate of drug-likeness (QED) is 0.166. The highest BCUT2D eigenvalue weighted by Gasteiger charge is 2.97. The fourth-order valence-electron chi connectivity index (χ4n) is 1.92. The predicted molar refractivity (Wildman–Crippen MR) is 71.4 cm³/mol. The normalized spacial score (nSPS) is 16.7. The van der Waals surface area contributed by atoms with Gasteiger partial charge in [-0.2, -0.15) is 83.4 Å². The third kappa shape index (κ3) is 4.25. The molecule has 0 N–H and O–H groups in total. The Labute approximate surface area is 179 Å². The molecule has 0 radical (unpaired) electrons. The van der Waals surface area contributed by atoms with E-state index < -0.39 is 72.6 Å². The van der Waals surface area contributed by atoms with Crippen LogP contribution in [0.15, 0.2) is 12.7 Å². The summed E-state index contributed by atoms with van der Waals surface area (Å²) in [4.78, 5) is 10.7. The molecule has 0 aliphatic rings. The first-order valence-corrected chi connectivity index (χ1v) is 7.80. The Hall–Kier alpha value is -2.12. The number of ether oxygens (including phenoxy) is 1. The molecule has 2 nitrogen and oxygen atoms in total. The highest BCUT2D eigenvalue weighted by molar-refractivity contribution is 5.81. The molecule has 1 atom stereocenters. The standard InChI is InChI=1S/C14H7F19O2/c1-3-5(34)35-4(2)6(15,16)7(17,18)8(19,20)9(21,22)10(23,24)11(25,26)12(27,28)13(29,30)14(31,32)33/h3-4H,1H2,2H3. The van der Waals surface area contributed by atoms with E-state index in [1.165, 1.54) is 0 Å². The number of hydrogen-bond donors (Lipinski definition) is 0. The molecular weight excluding hydrogens is 561 g/mol. The first-order valence-electron chi connectivity index (χ1n) is 7.80. The molecule has 0 spiro atoms. The lowest BCUT2D eigenvalue weighted by Crippen LogP contribution is -2.76. The number of esters is 1. The van der Waals surface area contributed by atoms with E-state index in [4.69, 9.17) is 0 Å². The zero-order valence-electron chi connectivity index (χ0n) is 15.9. The van der Waals surface area contributed by atoms with E-state index in [9.17, 15) is 88.2 Å². The largest absolute Gasteiger partial charge is 0.460 e. The minimum atomic E-state index is -9.00. The van der Waals surface area contributed by atoms with Gasteiger partial charge in [0.05, 0.1) is 0 Å². The minimum Gasteiger partial charge on any atom is -0.453 e. The Morgan fingerprint density at radius 1 is 0.571 bits per heavy atom. The summed E-state index contributed by atoms with van der Waals surface area (Å²) in [7, 11) is 0. The molecule has 0 aliphatic heterocycles. The number of halogens is 19.